The highest BCUT2D eigenvalue weighted by molar-refractivity contribution is 7.98. The molecular weight excluding hydrogens is 234 g/mol. The summed E-state index contributed by atoms with van der Waals surface area (Å²) in [6, 6.07) is 9.85. The summed E-state index contributed by atoms with van der Waals surface area (Å²) in [5, 5.41) is 7.49. The van der Waals surface area contributed by atoms with E-state index >= 15 is 0 Å². The lowest BCUT2D eigenvalue weighted by atomic mass is 10.2. The molecular formula is C13H17NO2S. The molecule has 0 aliphatic rings. The van der Waals surface area contributed by atoms with E-state index in [0.717, 1.165) is 11.3 Å². The van der Waals surface area contributed by atoms with E-state index in [9.17, 15) is 4.79 Å². The zero-order valence-electron chi connectivity index (χ0n) is 9.94. The molecule has 0 atom stereocenters. The van der Waals surface area contributed by atoms with E-state index in [1.165, 1.54) is 0 Å². The van der Waals surface area contributed by atoms with E-state index in [1.807, 2.05) is 36.6 Å². The first-order valence-corrected chi connectivity index (χ1v) is 6.91. The number of carbonyl (C=O) groups is 1. The molecule has 0 heterocycles. The fourth-order valence-corrected chi connectivity index (χ4v) is 1.71. The molecule has 0 amide bonds. The number of rotatable bonds is 7. The first-order valence-electron chi connectivity index (χ1n) is 5.51. The van der Waals surface area contributed by atoms with Gasteiger partial charge in [0.25, 0.3) is 0 Å². The van der Waals surface area contributed by atoms with Gasteiger partial charge in [0.15, 0.2) is 0 Å². The lowest BCUT2D eigenvalue weighted by molar-refractivity contribution is -0.135. The topological polar surface area (TPSA) is 50.2 Å². The van der Waals surface area contributed by atoms with Crippen molar-refractivity contribution in [1.82, 2.24) is 0 Å². The summed E-state index contributed by atoms with van der Waals surface area (Å²) in [6.45, 7) is 0.338. The van der Waals surface area contributed by atoms with Crippen LogP contribution < -0.4 is 0 Å². The van der Waals surface area contributed by atoms with Crippen LogP contribution in [-0.2, 0) is 16.0 Å². The van der Waals surface area contributed by atoms with Gasteiger partial charge in [-0.2, -0.15) is 11.8 Å². The maximum absolute atomic E-state index is 11.4. The average molecular weight is 251 g/mol. The van der Waals surface area contributed by atoms with Gasteiger partial charge in [0.2, 0.25) is 0 Å². The normalized spacial score (nSPS) is 9.94. The molecule has 0 aliphatic carbocycles. The van der Waals surface area contributed by atoms with E-state index in [0.29, 0.717) is 19.4 Å². The molecule has 92 valence electrons. The van der Waals surface area contributed by atoms with Crippen molar-refractivity contribution in [3.63, 3.8) is 0 Å². The smallest absolute Gasteiger partial charge is 0.351 e. The Morgan fingerprint density at radius 3 is 2.71 bits per heavy atom. The van der Waals surface area contributed by atoms with Gasteiger partial charge in [-0.15, -0.1) is 0 Å². The molecule has 0 saturated carbocycles. The summed E-state index contributed by atoms with van der Waals surface area (Å²) < 4.78 is 5.03. The first kappa shape index (κ1) is 13.8. The third-order valence-electron chi connectivity index (χ3n) is 2.27. The molecule has 3 nitrogen and oxygen atoms in total. The van der Waals surface area contributed by atoms with Crippen molar-refractivity contribution in [1.29, 1.82) is 5.41 Å². The standard InChI is InChI=1S/C13H17NO2S/c1-17-10-8-12(14)13(15)16-9-7-11-5-3-2-4-6-11/h2-6,14H,7-10H2,1H3. The highest BCUT2D eigenvalue weighted by atomic mass is 32.2. The second kappa shape index (κ2) is 7.90. The van der Waals surface area contributed by atoms with Gasteiger partial charge in [-0.25, -0.2) is 4.79 Å². The Hall–Kier alpha value is -1.29. The van der Waals surface area contributed by atoms with Crippen molar-refractivity contribution < 1.29 is 9.53 Å². The van der Waals surface area contributed by atoms with Crippen molar-refractivity contribution >= 4 is 23.4 Å². The van der Waals surface area contributed by atoms with Gasteiger partial charge in [0.05, 0.1) is 6.61 Å². The van der Waals surface area contributed by atoms with E-state index in [-0.39, 0.29) is 5.71 Å². The third kappa shape index (κ3) is 5.54. The molecule has 17 heavy (non-hydrogen) atoms. The third-order valence-corrected chi connectivity index (χ3v) is 2.88. The predicted octanol–water partition coefficient (Wildman–Crippen LogP) is 2.55. The van der Waals surface area contributed by atoms with Crippen molar-refractivity contribution in [3.8, 4) is 0 Å². The predicted molar refractivity (Wildman–Crippen MR) is 71.8 cm³/mol. The summed E-state index contributed by atoms with van der Waals surface area (Å²) >= 11 is 1.62. The summed E-state index contributed by atoms with van der Waals surface area (Å²) in [5.74, 6) is 0.294. The molecule has 4 heteroatoms. The molecule has 0 radical (unpaired) electrons. The van der Waals surface area contributed by atoms with Gasteiger partial charge < -0.3 is 4.74 Å². The molecule has 0 aromatic heterocycles. The van der Waals surface area contributed by atoms with E-state index < -0.39 is 5.97 Å². The molecule has 0 unspecified atom stereocenters. The molecule has 0 spiro atoms. The summed E-state index contributed by atoms with van der Waals surface area (Å²) in [6.07, 6.45) is 3.13. The van der Waals surface area contributed by atoms with Gasteiger partial charge in [-0.05, 0) is 17.6 Å². The summed E-state index contributed by atoms with van der Waals surface area (Å²) in [4.78, 5) is 11.4. The van der Waals surface area contributed by atoms with Crippen LogP contribution in [0.3, 0.4) is 0 Å². The minimum absolute atomic E-state index is 0.0624. The van der Waals surface area contributed by atoms with Crippen LogP contribution in [0.25, 0.3) is 0 Å². The Balaban J connectivity index is 2.22. The maximum atomic E-state index is 11.4. The zero-order valence-corrected chi connectivity index (χ0v) is 10.8. The number of carbonyl (C=O) groups excluding carboxylic acids is 1. The van der Waals surface area contributed by atoms with Crippen molar-refractivity contribution in [2.75, 3.05) is 18.6 Å². The Labute approximate surface area is 106 Å². The lowest BCUT2D eigenvalue weighted by Crippen LogP contribution is -2.18. The second-order valence-electron chi connectivity index (χ2n) is 3.59. The molecule has 0 aliphatic heterocycles. The quantitative estimate of drug-likeness (QED) is 0.598. The van der Waals surface area contributed by atoms with Crippen LogP contribution >= 0.6 is 11.8 Å². The van der Waals surface area contributed by atoms with Crippen LogP contribution in [0.4, 0.5) is 0 Å². The molecule has 1 aromatic rings. The second-order valence-corrected chi connectivity index (χ2v) is 4.58. The highest BCUT2D eigenvalue weighted by Gasteiger charge is 2.09. The number of benzene rings is 1. The van der Waals surface area contributed by atoms with Crippen LogP contribution in [0.5, 0.6) is 0 Å². The molecule has 0 bridgehead atoms. The summed E-state index contributed by atoms with van der Waals surface area (Å²) in [7, 11) is 0. The van der Waals surface area contributed by atoms with Crippen molar-refractivity contribution in [2.45, 2.75) is 12.8 Å². The Morgan fingerprint density at radius 1 is 1.35 bits per heavy atom. The number of esters is 1. The SMILES string of the molecule is CSCCC(=N)C(=O)OCCc1ccccc1. The number of hydrogen-bond donors (Lipinski definition) is 1. The molecule has 1 aromatic carbocycles. The first-order chi connectivity index (χ1) is 8.24. The Kier molecular flexibility index (Phi) is 6.40. The Morgan fingerprint density at radius 2 is 2.06 bits per heavy atom. The molecule has 0 fully saturated rings. The van der Waals surface area contributed by atoms with Crippen molar-refractivity contribution in [2.24, 2.45) is 0 Å². The van der Waals surface area contributed by atoms with E-state index in [4.69, 9.17) is 10.1 Å². The fraction of sp³-hybridized carbons (Fsp3) is 0.385. The van der Waals surface area contributed by atoms with Gasteiger partial charge >= 0.3 is 5.97 Å². The van der Waals surface area contributed by atoms with Gasteiger partial charge in [0, 0.05) is 12.8 Å². The number of thioether (sulfide) groups is 1. The molecule has 1 rings (SSSR count). The highest BCUT2D eigenvalue weighted by Crippen LogP contribution is 2.01. The number of hydrogen-bond acceptors (Lipinski definition) is 4. The van der Waals surface area contributed by atoms with Crippen LogP contribution in [0, 0.1) is 5.41 Å². The fourth-order valence-electron chi connectivity index (χ4n) is 1.30. The monoisotopic (exact) mass is 251 g/mol. The van der Waals surface area contributed by atoms with Gasteiger partial charge in [0.1, 0.15) is 5.71 Å². The molecule has 0 saturated heterocycles. The van der Waals surface area contributed by atoms with Crippen molar-refractivity contribution in [3.05, 3.63) is 35.9 Å². The van der Waals surface area contributed by atoms with Gasteiger partial charge in [-0.1, -0.05) is 30.3 Å². The number of nitrogens with one attached hydrogen (secondary N) is 1. The van der Waals surface area contributed by atoms with Crippen LogP contribution in [-0.4, -0.2) is 30.3 Å². The lowest BCUT2D eigenvalue weighted by Gasteiger charge is -2.05. The van der Waals surface area contributed by atoms with E-state index in [2.05, 4.69) is 0 Å². The number of ether oxygens (including phenoxy) is 1. The largest absolute Gasteiger partial charge is 0.461 e. The summed E-state index contributed by atoms with van der Waals surface area (Å²) in [5.41, 5.74) is 1.20. The minimum atomic E-state index is -0.491. The molecule has 1 N–H and O–H groups in total. The minimum Gasteiger partial charge on any atom is -0.461 e. The average Bonchev–Trinajstić information content (AvgIpc) is 2.37. The zero-order chi connectivity index (χ0) is 12.5. The van der Waals surface area contributed by atoms with E-state index in [1.54, 1.807) is 11.8 Å². The van der Waals surface area contributed by atoms with Crippen LogP contribution in [0.2, 0.25) is 0 Å². The Bertz CT molecular complexity index is 365. The van der Waals surface area contributed by atoms with Gasteiger partial charge in [-0.3, -0.25) is 5.41 Å². The van der Waals surface area contributed by atoms with Crippen LogP contribution in [0.1, 0.15) is 12.0 Å². The van der Waals surface area contributed by atoms with Crippen LogP contribution in [0.15, 0.2) is 30.3 Å². The maximum Gasteiger partial charge on any atom is 0.351 e.